The molecule has 1 saturated carbocycles. The first-order valence-corrected chi connectivity index (χ1v) is 22.0. The highest BCUT2D eigenvalue weighted by molar-refractivity contribution is 6.38. The molecule has 3 aliphatic heterocycles. The Morgan fingerprint density at radius 1 is 1.00 bits per heavy atom. The predicted octanol–water partition coefficient (Wildman–Crippen LogP) is 6.03. The summed E-state index contributed by atoms with van der Waals surface area (Å²) < 4.78 is 11.0. The second-order valence-electron chi connectivity index (χ2n) is 18.3. The molecule has 2 aromatic rings. The first-order valence-electron chi connectivity index (χ1n) is 21.6. The van der Waals surface area contributed by atoms with Gasteiger partial charge in [0.2, 0.25) is 23.5 Å². The fraction of sp³-hybridized carbons (Fsp3) is 0.609. The molecule has 6 rings (SSSR count). The highest BCUT2D eigenvalue weighted by Gasteiger charge is 2.56. The number of benzene rings is 2. The maximum atomic E-state index is 14.8. The zero-order valence-corrected chi connectivity index (χ0v) is 36.5. The number of methoxy groups -OCH3 is 1. The Balaban J connectivity index is 1.21. The maximum absolute atomic E-state index is 14.8. The lowest BCUT2D eigenvalue weighted by atomic mass is 9.74. The molecule has 2 aromatic carbocycles. The van der Waals surface area contributed by atoms with Gasteiger partial charge in [0.05, 0.1) is 25.4 Å². The minimum atomic E-state index is -1.14. The van der Waals surface area contributed by atoms with Crippen molar-refractivity contribution in [3.8, 4) is 5.75 Å². The van der Waals surface area contributed by atoms with E-state index in [0.29, 0.717) is 61.8 Å². The van der Waals surface area contributed by atoms with Crippen molar-refractivity contribution in [1.82, 2.24) is 20.9 Å². The Morgan fingerprint density at radius 2 is 1.72 bits per heavy atom. The van der Waals surface area contributed by atoms with Crippen molar-refractivity contribution in [3.05, 3.63) is 64.7 Å². The SMILES string of the molecule is CCC[C@H](NC(=O)[C@@H]1C[C@]2(CC(c3cccc(Cl)c3)=NO2)CN1C(=O)[C@@H](NC(=O)CC1CCCCC1)C(C)(C)C)C(=O)C(=O)NCC1(c2ccc(OC)cc2)CCOCC1. The first kappa shape index (κ1) is 45.0. The van der Waals surface area contributed by atoms with Crippen molar-refractivity contribution in [3.63, 3.8) is 0 Å². The summed E-state index contributed by atoms with van der Waals surface area (Å²) in [6.45, 7) is 8.78. The van der Waals surface area contributed by atoms with Crippen LogP contribution in [0.4, 0.5) is 0 Å². The molecule has 4 aliphatic rings. The van der Waals surface area contributed by atoms with E-state index in [4.69, 9.17) is 25.9 Å². The number of nitrogens with zero attached hydrogens (tertiary/aromatic N) is 2. The number of amides is 4. The molecule has 13 nitrogen and oxygen atoms in total. The van der Waals surface area contributed by atoms with E-state index in [1.165, 1.54) is 11.3 Å². The van der Waals surface area contributed by atoms with Crippen molar-refractivity contribution in [2.75, 3.05) is 33.4 Å². The molecule has 0 unspecified atom stereocenters. The maximum Gasteiger partial charge on any atom is 0.289 e. The molecule has 4 atom stereocenters. The number of ether oxygens (including phenoxy) is 2. The van der Waals surface area contributed by atoms with Crippen LogP contribution in [0.1, 0.15) is 116 Å². The summed E-state index contributed by atoms with van der Waals surface area (Å²) in [5.41, 5.74) is 0.194. The zero-order chi connectivity index (χ0) is 43.1. The third-order valence-electron chi connectivity index (χ3n) is 12.8. The van der Waals surface area contributed by atoms with Gasteiger partial charge in [0.1, 0.15) is 17.8 Å². The van der Waals surface area contributed by atoms with Crippen LogP contribution in [0.3, 0.4) is 0 Å². The molecular weight excluding hydrogens is 786 g/mol. The summed E-state index contributed by atoms with van der Waals surface area (Å²) in [5, 5.41) is 13.8. The Kier molecular flexibility index (Phi) is 14.6. The molecule has 4 amide bonds. The van der Waals surface area contributed by atoms with Crippen molar-refractivity contribution < 1.29 is 38.3 Å². The Morgan fingerprint density at radius 3 is 2.37 bits per heavy atom. The molecule has 1 spiro atoms. The number of likely N-dealkylation sites (tertiary alicyclic amines) is 1. The average Bonchev–Trinajstić information content (AvgIpc) is 3.84. The highest BCUT2D eigenvalue weighted by Crippen LogP contribution is 2.41. The van der Waals surface area contributed by atoms with Gasteiger partial charge in [-0.05, 0) is 73.3 Å². The minimum Gasteiger partial charge on any atom is -0.497 e. The van der Waals surface area contributed by atoms with E-state index < -0.39 is 58.1 Å². The van der Waals surface area contributed by atoms with Gasteiger partial charge in [-0.15, -0.1) is 0 Å². The summed E-state index contributed by atoms with van der Waals surface area (Å²) in [4.78, 5) is 78.1. The van der Waals surface area contributed by atoms with Crippen LogP contribution in [0, 0.1) is 11.3 Å². The molecule has 14 heteroatoms. The largest absolute Gasteiger partial charge is 0.497 e. The van der Waals surface area contributed by atoms with Crippen molar-refractivity contribution in [1.29, 1.82) is 0 Å². The van der Waals surface area contributed by atoms with Crippen molar-refractivity contribution >= 4 is 46.7 Å². The van der Waals surface area contributed by atoms with Gasteiger partial charge >= 0.3 is 0 Å². The monoisotopic (exact) mass is 847 g/mol. The van der Waals surface area contributed by atoms with Gasteiger partial charge in [0, 0.05) is 55.0 Å². The van der Waals surface area contributed by atoms with Crippen LogP contribution < -0.4 is 20.7 Å². The number of ketones is 1. The van der Waals surface area contributed by atoms with Crippen LogP contribution in [0.25, 0.3) is 0 Å². The molecule has 3 fully saturated rings. The number of carbonyl (C=O) groups excluding carboxylic acids is 5. The fourth-order valence-corrected chi connectivity index (χ4v) is 9.42. The lowest BCUT2D eigenvalue weighted by Gasteiger charge is -2.38. The van der Waals surface area contributed by atoms with Gasteiger partial charge < -0.3 is 35.2 Å². The number of rotatable bonds is 15. The molecule has 3 N–H and O–H groups in total. The molecule has 60 heavy (non-hydrogen) atoms. The van der Waals surface area contributed by atoms with Crippen LogP contribution in [-0.2, 0) is 39.0 Å². The van der Waals surface area contributed by atoms with E-state index in [0.717, 1.165) is 36.8 Å². The molecule has 0 radical (unpaired) electrons. The highest BCUT2D eigenvalue weighted by atomic mass is 35.5. The molecule has 1 aliphatic carbocycles. The Bertz CT molecular complexity index is 1900. The third kappa shape index (κ3) is 10.7. The predicted molar refractivity (Wildman–Crippen MR) is 229 cm³/mol. The van der Waals surface area contributed by atoms with Crippen LogP contribution in [0.15, 0.2) is 53.7 Å². The lowest BCUT2D eigenvalue weighted by molar-refractivity contribution is -0.145. The normalized spacial score (nSPS) is 22.6. The second-order valence-corrected chi connectivity index (χ2v) is 18.7. The molecule has 3 heterocycles. The van der Waals surface area contributed by atoms with Gasteiger partial charge in [-0.2, -0.15) is 0 Å². The van der Waals surface area contributed by atoms with Gasteiger partial charge in [-0.1, -0.05) is 94.4 Å². The van der Waals surface area contributed by atoms with Crippen LogP contribution in [0.2, 0.25) is 5.02 Å². The number of hydrogen-bond acceptors (Lipinski definition) is 9. The average molecular weight is 848 g/mol. The zero-order valence-electron chi connectivity index (χ0n) is 35.8. The lowest BCUT2D eigenvalue weighted by Crippen LogP contribution is -2.59. The van der Waals surface area contributed by atoms with E-state index >= 15 is 0 Å². The Hall–Kier alpha value is -4.49. The van der Waals surface area contributed by atoms with Crippen LogP contribution in [0.5, 0.6) is 5.75 Å². The standard InChI is InChI=1S/C46H62ClN5O8/c1-6-11-35(39(54)42(56)48-28-45(20-22-59-23-21-45)32-16-18-34(58-5)19-17-32)49-41(55)37-27-46(26-36(51-60-46)31-14-10-15-33(47)25-31)29-52(37)43(57)40(44(2,3)4)50-38(53)24-30-12-8-7-9-13-30/h10,14-19,25,30,35,37,40H,6-9,11-13,20-24,26-29H2,1-5H3,(H,48,56)(H,49,55)(H,50,53)/t35-,37-,40+,46+/m0/s1. The number of nitrogens with one attached hydrogen (secondary N) is 3. The van der Waals surface area contributed by atoms with E-state index in [1.54, 1.807) is 19.2 Å². The van der Waals surface area contributed by atoms with E-state index in [2.05, 4.69) is 21.1 Å². The number of carbonyl (C=O) groups is 5. The summed E-state index contributed by atoms with van der Waals surface area (Å²) in [6, 6.07) is 11.8. The molecule has 0 aromatic heterocycles. The van der Waals surface area contributed by atoms with E-state index in [1.807, 2.05) is 64.1 Å². The fourth-order valence-electron chi connectivity index (χ4n) is 9.23. The summed E-state index contributed by atoms with van der Waals surface area (Å²) >= 11 is 6.31. The first-order chi connectivity index (χ1) is 28.7. The van der Waals surface area contributed by atoms with E-state index in [-0.39, 0.29) is 37.8 Å². The van der Waals surface area contributed by atoms with Crippen LogP contribution in [-0.4, -0.2) is 97.2 Å². The van der Waals surface area contributed by atoms with Crippen LogP contribution >= 0.6 is 11.6 Å². The smallest absolute Gasteiger partial charge is 0.289 e. The number of hydrogen-bond donors (Lipinski definition) is 3. The molecule has 0 bridgehead atoms. The summed E-state index contributed by atoms with van der Waals surface area (Å²) in [6.07, 6.45) is 8.06. The topological polar surface area (TPSA) is 165 Å². The summed E-state index contributed by atoms with van der Waals surface area (Å²) in [7, 11) is 1.60. The quantitative estimate of drug-likeness (QED) is 0.183. The number of halogens is 1. The van der Waals surface area contributed by atoms with Crippen molar-refractivity contribution in [2.24, 2.45) is 16.5 Å². The number of oxime groups is 1. The third-order valence-corrected chi connectivity index (χ3v) is 13.0. The second kappa shape index (κ2) is 19.5. The minimum absolute atomic E-state index is 0.0204. The van der Waals surface area contributed by atoms with E-state index in [9.17, 15) is 24.0 Å². The van der Waals surface area contributed by atoms with Gasteiger partial charge in [0.15, 0.2) is 5.60 Å². The molecular formula is C46H62ClN5O8. The van der Waals surface area contributed by atoms with Gasteiger partial charge in [0.25, 0.3) is 5.91 Å². The molecule has 2 saturated heterocycles. The molecule has 326 valence electrons. The van der Waals surface area contributed by atoms with Crippen molar-refractivity contribution in [2.45, 2.75) is 134 Å². The Labute approximate surface area is 359 Å². The summed E-state index contributed by atoms with van der Waals surface area (Å²) in [5.74, 6) is -1.77. The van der Waals surface area contributed by atoms with Gasteiger partial charge in [-0.3, -0.25) is 24.0 Å². The van der Waals surface area contributed by atoms with Gasteiger partial charge in [-0.25, -0.2) is 0 Å². The number of Topliss-reactive ketones (excluding diaryl/α,β-unsaturated/α-hetero) is 1.